The van der Waals surface area contributed by atoms with Crippen molar-refractivity contribution in [2.75, 3.05) is 0 Å². The van der Waals surface area contributed by atoms with Gasteiger partial charge in [0.2, 0.25) is 0 Å². The molecule has 1 atom stereocenters. The molecule has 0 aliphatic rings. The number of ketones is 1. The summed E-state index contributed by atoms with van der Waals surface area (Å²) in [5.74, 6) is -0.0773. The minimum Gasteiger partial charge on any atom is -0.293 e. The van der Waals surface area contributed by atoms with Crippen LogP contribution in [-0.2, 0) is 0 Å². The van der Waals surface area contributed by atoms with E-state index >= 15 is 0 Å². The summed E-state index contributed by atoms with van der Waals surface area (Å²) in [5.41, 5.74) is 1.62. The molecule has 0 N–H and O–H groups in total. The lowest BCUT2D eigenvalue weighted by Gasteiger charge is -2.09. The highest BCUT2D eigenvalue weighted by molar-refractivity contribution is 6.00. The Morgan fingerprint density at radius 1 is 1.12 bits per heavy atom. The first-order valence-electron chi connectivity index (χ1n) is 5.13. The summed E-state index contributed by atoms with van der Waals surface area (Å²) in [6.07, 6.45) is 6.65. The zero-order valence-corrected chi connectivity index (χ0v) is 9.00. The van der Waals surface area contributed by atoms with Crippen LogP contribution in [0.4, 0.5) is 0 Å². The van der Waals surface area contributed by atoms with E-state index in [1.165, 1.54) is 0 Å². The molecule has 2 heterocycles. The topological polar surface area (TPSA) is 42.9 Å². The number of carbonyl (C=O) groups is 1. The standard InChI is InChI=1S/C13H12N2O/c1-10(11-4-7-14-8-5-11)13(16)12-3-2-6-15-9-12/h2-10H,1H3. The molecule has 0 radical (unpaired) electrons. The van der Waals surface area contributed by atoms with Gasteiger partial charge in [0, 0.05) is 36.3 Å². The molecule has 2 aromatic rings. The lowest BCUT2D eigenvalue weighted by Crippen LogP contribution is -2.09. The molecular formula is C13H12N2O. The molecule has 0 fully saturated rings. The Kier molecular flexibility index (Phi) is 3.05. The van der Waals surface area contributed by atoms with Crippen LogP contribution in [0.15, 0.2) is 49.1 Å². The van der Waals surface area contributed by atoms with E-state index in [4.69, 9.17) is 0 Å². The maximum Gasteiger partial charge on any atom is 0.171 e. The number of carbonyl (C=O) groups excluding carboxylic acids is 1. The number of nitrogens with zero attached hydrogens (tertiary/aromatic N) is 2. The van der Waals surface area contributed by atoms with Gasteiger partial charge in [0.25, 0.3) is 0 Å². The number of rotatable bonds is 3. The average Bonchev–Trinajstić information content (AvgIpc) is 2.39. The second-order valence-corrected chi connectivity index (χ2v) is 3.61. The summed E-state index contributed by atoms with van der Waals surface area (Å²) < 4.78 is 0. The highest BCUT2D eigenvalue weighted by Crippen LogP contribution is 2.18. The molecule has 0 aliphatic heterocycles. The van der Waals surface area contributed by atoms with Gasteiger partial charge in [-0.15, -0.1) is 0 Å². The first kappa shape index (κ1) is 10.5. The largest absolute Gasteiger partial charge is 0.293 e. The van der Waals surface area contributed by atoms with E-state index in [-0.39, 0.29) is 11.7 Å². The molecule has 3 nitrogen and oxygen atoms in total. The summed E-state index contributed by atoms with van der Waals surface area (Å²) >= 11 is 0. The third kappa shape index (κ3) is 2.14. The van der Waals surface area contributed by atoms with Crippen LogP contribution in [0.2, 0.25) is 0 Å². The molecule has 2 aromatic heterocycles. The summed E-state index contributed by atoms with van der Waals surface area (Å²) in [7, 11) is 0. The predicted octanol–water partition coefficient (Wildman–Crippen LogP) is 2.46. The maximum absolute atomic E-state index is 12.1. The Hall–Kier alpha value is -2.03. The molecule has 1 unspecified atom stereocenters. The van der Waals surface area contributed by atoms with Gasteiger partial charge in [-0.2, -0.15) is 0 Å². The molecule has 80 valence electrons. The highest BCUT2D eigenvalue weighted by Gasteiger charge is 2.16. The van der Waals surface area contributed by atoms with Crippen LogP contribution in [-0.4, -0.2) is 15.8 Å². The lowest BCUT2D eigenvalue weighted by atomic mass is 9.94. The Morgan fingerprint density at radius 2 is 1.88 bits per heavy atom. The van der Waals surface area contributed by atoms with Crippen LogP contribution in [0, 0.1) is 0 Å². The van der Waals surface area contributed by atoms with Gasteiger partial charge in [0.1, 0.15) is 0 Å². The molecule has 0 bridgehead atoms. The quantitative estimate of drug-likeness (QED) is 0.734. The van der Waals surface area contributed by atoms with Crippen molar-refractivity contribution in [3.05, 3.63) is 60.2 Å². The Morgan fingerprint density at radius 3 is 2.50 bits per heavy atom. The second kappa shape index (κ2) is 4.66. The molecule has 0 amide bonds. The van der Waals surface area contributed by atoms with Crippen molar-refractivity contribution >= 4 is 5.78 Å². The van der Waals surface area contributed by atoms with E-state index in [9.17, 15) is 4.79 Å². The van der Waals surface area contributed by atoms with Crippen molar-refractivity contribution in [3.8, 4) is 0 Å². The molecule has 16 heavy (non-hydrogen) atoms. The minimum atomic E-state index is -0.160. The predicted molar refractivity (Wildman–Crippen MR) is 61.2 cm³/mol. The van der Waals surface area contributed by atoms with Gasteiger partial charge in [-0.05, 0) is 29.8 Å². The Balaban J connectivity index is 2.24. The van der Waals surface area contributed by atoms with Crippen LogP contribution < -0.4 is 0 Å². The first-order valence-corrected chi connectivity index (χ1v) is 5.13. The monoisotopic (exact) mass is 212 g/mol. The summed E-state index contributed by atoms with van der Waals surface area (Å²) in [5, 5.41) is 0. The van der Waals surface area contributed by atoms with Crippen LogP contribution in [0.3, 0.4) is 0 Å². The van der Waals surface area contributed by atoms with Gasteiger partial charge < -0.3 is 0 Å². The number of Topliss-reactive ketones (excluding diaryl/α,β-unsaturated/α-hetero) is 1. The lowest BCUT2D eigenvalue weighted by molar-refractivity contribution is 0.0965. The highest BCUT2D eigenvalue weighted by atomic mass is 16.1. The van der Waals surface area contributed by atoms with Crippen molar-refractivity contribution in [3.63, 3.8) is 0 Å². The average molecular weight is 212 g/mol. The van der Waals surface area contributed by atoms with Crippen LogP contribution in [0.25, 0.3) is 0 Å². The molecular weight excluding hydrogens is 200 g/mol. The van der Waals surface area contributed by atoms with Gasteiger partial charge in [0.05, 0.1) is 0 Å². The molecule has 0 saturated heterocycles. The van der Waals surface area contributed by atoms with Gasteiger partial charge >= 0.3 is 0 Å². The van der Waals surface area contributed by atoms with Crippen LogP contribution in [0.5, 0.6) is 0 Å². The van der Waals surface area contributed by atoms with Gasteiger partial charge in [0.15, 0.2) is 5.78 Å². The van der Waals surface area contributed by atoms with Crippen molar-refractivity contribution in [1.82, 2.24) is 9.97 Å². The van der Waals surface area contributed by atoms with E-state index < -0.39 is 0 Å². The molecule has 0 aliphatic carbocycles. The van der Waals surface area contributed by atoms with Crippen molar-refractivity contribution in [1.29, 1.82) is 0 Å². The number of hydrogen-bond donors (Lipinski definition) is 0. The molecule has 0 saturated carbocycles. The Bertz CT molecular complexity index is 468. The van der Waals surface area contributed by atoms with Crippen molar-refractivity contribution < 1.29 is 4.79 Å². The van der Waals surface area contributed by atoms with E-state index in [0.717, 1.165) is 5.56 Å². The number of hydrogen-bond acceptors (Lipinski definition) is 3. The molecule has 0 aromatic carbocycles. The van der Waals surface area contributed by atoms with Crippen molar-refractivity contribution in [2.45, 2.75) is 12.8 Å². The van der Waals surface area contributed by atoms with Crippen LogP contribution in [0.1, 0.15) is 28.8 Å². The van der Waals surface area contributed by atoms with E-state index in [2.05, 4.69) is 9.97 Å². The fourth-order valence-electron chi connectivity index (χ4n) is 1.56. The van der Waals surface area contributed by atoms with Crippen molar-refractivity contribution in [2.24, 2.45) is 0 Å². The summed E-state index contributed by atoms with van der Waals surface area (Å²) in [6, 6.07) is 7.28. The number of aromatic nitrogens is 2. The SMILES string of the molecule is CC(C(=O)c1cccnc1)c1ccncc1. The smallest absolute Gasteiger partial charge is 0.171 e. The first-order chi connectivity index (χ1) is 7.79. The zero-order chi connectivity index (χ0) is 11.4. The molecule has 2 rings (SSSR count). The third-order valence-electron chi connectivity index (χ3n) is 2.55. The van der Waals surface area contributed by atoms with Crippen LogP contribution >= 0.6 is 0 Å². The summed E-state index contributed by atoms with van der Waals surface area (Å²) in [4.78, 5) is 20.0. The minimum absolute atomic E-state index is 0.0827. The zero-order valence-electron chi connectivity index (χ0n) is 9.00. The third-order valence-corrected chi connectivity index (χ3v) is 2.55. The molecule has 3 heteroatoms. The normalized spacial score (nSPS) is 12.1. The fraction of sp³-hybridized carbons (Fsp3) is 0.154. The van der Waals surface area contributed by atoms with E-state index in [1.807, 2.05) is 19.1 Å². The Labute approximate surface area is 94.2 Å². The summed E-state index contributed by atoms with van der Waals surface area (Å²) in [6.45, 7) is 1.89. The van der Waals surface area contributed by atoms with E-state index in [1.54, 1.807) is 36.9 Å². The second-order valence-electron chi connectivity index (χ2n) is 3.61. The van der Waals surface area contributed by atoms with Gasteiger partial charge in [-0.1, -0.05) is 6.92 Å². The fourth-order valence-corrected chi connectivity index (χ4v) is 1.56. The van der Waals surface area contributed by atoms with E-state index in [0.29, 0.717) is 5.56 Å². The number of pyridine rings is 2. The van der Waals surface area contributed by atoms with Gasteiger partial charge in [-0.3, -0.25) is 14.8 Å². The van der Waals surface area contributed by atoms with Gasteiger partial charge in [-0.25, -0.2) is 0 Å². The maximum atomic E-state index is 12.1. The molecule has 0 spiro atoms.